The number of piperidine rings is 1. The first-order valence-electron chi connectivity index (χ1n) is 6.54. The lowest BCUT2D eigenvalue weighted by Gasteiger charge is -2.23. The van der Waals surface area contributed by atoms with Crippen LogP contribution in [0.4, 0.5) is 0 Å². The number of rotatable bonds is 2. The Labute approximate surface area is 112 Å². The molecular weight excluding hydrogens is 238 g/mol. The van der Waals surface area contributed by atoms with Gasteiger partial charge in [-0.25, -0.2) is 4.98 Å². The van der Waals surface area contributed by atoms with Gasteiger partial charge < -0.3 is 10.1 Å². The largest absolute Gasteiger partial charge is 0.473 e. The Morgan fingerprint density at radius 2 is 2.26 bits per heavy atom. The molecule has 0 radical (unpaired) electrons. The first-order chi connectivity index (χ1) is 9.36. The van der Waals surface area contributed by atoms with Crippen LogP contribution in [0, 0.1) is 11.3 Å². The number of para-hydroxylation sites is 1. The molecule has 1 N–H and O–H groups in total. The smallest absolute Gasteiger partial charge is 0.215 e. The van der Waals surface area contributed by atoms with Crippen LogP contribution in [0.5, 0.6) is 5.88 Å². The lowest BCUT2D eigenvalue weighted by molar-refractivity contribution is 0.161. The summed E-state index contributed by atoms with van der Waals surface area (Å²) in [6.45, 7) is 1.89. The molecule has 4 nitrogen and oxygen atoms in total. The predicted molar refractivity (Wildman–Crippen MR) is 73.0 cm³/mol. The fraction of sp³-hybridized carbons (Fsp3) is 0.333. The second-order valence-corrected chi connectivity index (χ2v) is 4.72. The number of nitrogens with one attached hydrogen (secondary N) is 1. The Morgan fingerprint density at radius 1 is 1.37 bits per heavy atom. The molecule has 1 aliphatic heterocycles. The van der Waals surface area contributed by atoms with Crippen LogP contribution in [-0.4, -0.2) is 24.2 Å². The van der Waals surface area contributed by atoms with E-state index in [0.717, 1.165) is 36.8 Å². The minimum Gasteiger partial charge on any atom is -0.473 e. The van der Waals surface area contributed by atoms with Crippen LogP contribution >= 0.6 is 0 Å². The van der Waals surface area contributed by atoms with Crippen molar-refractivity contribution < 1.29 is 4.74 Å². The van der Waals surface area contributed by atoms with Crippen LogP contribution in [0.25, 0.3) is 10.9 Å². The predicted octanol–water partition coefficient (Wildman–Crippen LogP) is 2.24. The molecule has 1 saturated heterocycles. The van der Waals surface area contributed by atoms with Crippen molar-refractivity contribution in [3.8, 4) is 11.9 Å². The Balaban J connectivity index is 1.93. The van der Waals surface area contributed by atoms with E-state index in [1.807, 2.05) is 24.3 Å². The molecule has 96 valence electrons. The van der Waals surface area contributed by atoms with Crippen LogP contribution in [0.1, 0.15) is 18.4 Å². The highest BCUT2D eigenvalue weighted by molar-refractivity contribution is 5.85. The highest BCUT2D eigenvalue weighted by Gasteiger charge is 2.16. The maximum Gasteiger partial charge on any atom is 0.215 e. The number of benzene rings is 1. The van der Waals surface area contributed by atoms with Gasteiger partial charge in [0.2, 0.25) is 5.88 Å². The summed E-state index contributed by atoms with van der Waals surface area (Å²) in [7, 11) is 0. The molecule has 3 rings (SSSR count). The Kier molecular flexibility index (Phi) is 3.30. The van der Waals surface area contributed by atoms with Crippen molar-refractivity contribution in [2.75, 3.05) is 13.1 Å². The van der Waals surface area contributed by atoms with Crippen molar-refractivity contribution in [1.82, 2.24) is 10.3 Å². The summed E-state index contributed by atoms with van der Waals surface area (Å²) in [5.74, 6) is 0.545. The topological polar surface area (TPSA) is 57.9 Å². The fourth-order valence-electron chi connectivity index (χ4n) is 2.40. The first-order valence-corrected chi connectivity index (χ1v) is 6.54. The van der Waals surface area contributed by atoms with Crippen molar-refractivity contribution in [2.45, 2.75) is 18.9 Å². The monoisotopic (exact) mass is 253 g/mol. The number of hydrogen-bond donors (Lipinski definition) is 1. The number of pyridine rings is 1. The lowest BCUT2D eigenvalue weighted by atomic mass is 10.1. The molecule has 1 aliphatic rings. The van der Waals surface area contributed by atoms with Gasteiger partial charge in [-0.05, 0) is 25.5 Å². The van der Waals surface area contributed by atoms with Gasteiger partial charge in [0.1, 0.15) is 12.2 Å². The van der Waals surface area contributed by atoms with Gasteiger partial charge in [0.05, 0.1) is 11.1 Å². The summed E-state index contributed by atoms with van der Waals surface area (Å²) >= 11 is 0. The van der Waals surface area contributed by atoms with E-state index in [4.69, 9.17) is 4.74 Å². The van der Waals surface area contributed by atoms with Crippen molar-refractivity contribution in [3.63, 3.8) is 0 Å². The zero-order chi connectivity index (χ0) is 13.1. The molecule has 0 spiro atoms. The van der Waals surface area contributed by atoms with E-state index in [0.29, 0.717) is 11.4 Å². The minimum atomic E-state index is 0.147. The summed E-state index contributed by atoms with van der Waals surface area (Å²) in [5.41, 5.74) is 1.42. The molecule has 1 atom stereocenters. The van der Waals surface area contributed by atoms with Gasteiger partial charge in [0, 0.05) is 18.0 Å². The van der Waals surface area contributed by atoms with Crippen LogP contribution in [0.2, 0.25) is 0 Å². The van der Waals surface area contributed by atoms with E-state index in [9.17, 15) is 5.26 Å². The van der Waals surface area contributed by atoms with E-state index in [1.165, 1.54) is 0 Å². The summed E-state index contributed by atoms with van der Waals surface area (Å²) in [4.78, 5) is 4.48. The van der Waals surface area contributed by atoms with Gasteiger partial charge in [0.25, 0.3) is 0 Å². The molecule has 0 aliphatic carbocycles. The zero-order valence-electron chi connectivity index (χ0n) is 10.6. The molecule has 2 heterocycles. The fourth-order valence-corrected chi connectivity index (χ4v) is 2.40. The van der Waals surface area contributed by atoms with Crippen LogP contribution in [0.3, 0.4) is 0 Å². The molecule has 1 aromatic carbocycles. The third-order valence-electron chi connectivity index (χ3n) is 3.35. The number of ether oxygens (including phenoxy) is 1. The molecule has 0 saturated carbocycles. The van der Waals surface area contributed by atoms with Crippen molar-refractivity contribution in [3.05, 3.63) is 35.9 Å². The van der Waals surface area contributed by atoms with Crippen molar-refractivity contribution in [1.29, 1.82) is 5.26 Å². The average Bonchev–Trinajstić information content (AvgIpc) is 2.47. The Bertz CT molecular complexity index is 627. The van der Waals surface area contributed by atoms with E-state index < -0.39 is 0 Å². The lowest BCUT2D eigenvalue weighted by Crippen LogP contribution is -2.37. The molecule has 0 unspecified atom stereocenters. The first kappa shape index (κ1) is 11.9. The van der Waals surface area contributed by atoms with E-state index in [1.54, 1.807) is 6.07 Å². The average molecular weight is 253 g/mol. The molecule has 0 bridgehead atoms. The van der Waals surface area contributed by atoms with E-state index >= 15 is 0 Å². The molecule has 2 aromatic rings. The van der Waals surface area contributed by atoms with Crippen LogP contribution in [-0.2, 0) is 0 Å². The number of hydrogen-bond acceptors (Lipinski definition) is 4. The van der Waals surface area contributed by atoms with Gasteiger partial charge in [-0.1, -0.05) is 18.2 Å². The second kappa shape index (κ2) is 5.25. The third kappa shape index (κ3) is 2.51. The number of nitrogens with zero attached hydrogens (tertiary/aromatic N) is 2. The third-order valence-corrected chi connectivity index (χ3v) is 3.35. The van der Waals surface area contributed by atoms with Crippen LogP contribution in [0.15, 0.2) is 30.3 Å². The molecule has 1 aromatic heterocycles. The summed E-state index contributed by atoms with van der Waals surface area (Å²) in [5, 5.41) is 13.4. The van der Waals surface area contributed by atoms with Gasteiger partial charge >= 0.3 is 0 Å². The zero-order valence-corrected chi connectivity index (χ0v) is 10.6. The SMILES string of the molecule is N#Cc1cc(O[C@H]2CCCNC2)nc2ccccc12. The van der Waals surface area contributed by atoms with Gasteiger partial charge in [-0.2, -0.15) is 5.26 Å². The van der Waals surface area contributed by atoms with E-state index in [2.05, 4.69) is 16.4 Å². The summed E-state index contributed by atoms with van der Waals surface area (Å²) in [6, 6.07) is 11.6. The van der Waals surface area contributed by atoms with Crippen molar-refractivity contribution >= 4 is 10.9 Å². The molecule has 1 fully saturated rings. The summed E-state index contributed by atoms with van der Waals surface area (Å²) < 4.78 is 5.88. The van der Waals surface area contributed by atoms with Crippen LogP contribution < -0.4 is 10.1 Å². The quantitative estimate of drug-likeness (QED) is 0.891. The molecular formula is C15H15N3O. The maximum atomic E-state index is 9.22. The number of aromatic nitrogens is 1. The van der Waals surface area contributed by atoms with Gasteiger partial charge in [-0.15, -0.1) is 0 Å². The molecule has 4 heteroatoms. The number of fused-ring (bicyclic) bond motifs is 1. The van der Waals surface area contributed by atoms with E-state index in [-0.39, 0.29) is 6.10 Å². The highest BCUT2D eigenvalue weighted by atomic mass is 16.5. The Hall–Kier alpha value is -2.12. The normalized spacial score (nSPS) is 19.0. The maximum absolute atomic E-state index is 9.22. The van der Waals surface area contributed by atoms with Gasteiger partial charge in [0.15, 0.2) is 0 Å². The van der Waals surface area contributed by atoms with Crippen molar-refractivity contribution in [2.24, 2.45) is 0 Å². The standard InChI is InChI=1S/C15H15N3O/c16-9-11-8-15(19-12-4-3-7-17-10-12)18-14-6-2-1-5-13(11)14/h1-2,5-6,8,12,17H,3-4,7,10H2/t12-/m0/s1. The highest BCUT2D eigenvalue weighted by Crippen LogP contribution is 2.22. The minimum absolute atomic E-state index is 0.147. The Morgan fingerprint density at radius 3 is 3.05 bits per heavy atom. The molecule has 0 amide bonds. The second-order valence-electron chi connectivity index (χ2n) is 4.72. The van der Waals surface area contributed by atoms with Gasteiger partial charge in [-0.3, -0.25) is 0 Å². The number of nitriles is 1. The molecule has 19 heavy (non-hydrogen) atoms. The summed E-state index contributed by atoms with van der Waals surface area (Å²) in [6.07, 6.45) is 2.29.